The fourth-order valence-electron chi connectivity index (χ4n) is 3.19. The van der Waals surface area contributed by atoms with Gasteiger partial charge in [-0.3, -0.25) is 0 Å². The normalized spacial score (nSPS) is 11.5. The lowest BCUT2D eigenvalue weighted by atomic mass is 9.89. The predicted molar refractivity (Wildman–Crippen MR) is 84.1 cm³/mol. The van der Waals surface area contributed by atoms with Crippen molar-refractivity contribution < 1.29 is 19.8 Å². The lowest BCUT2D eigenvalue weighted by Crippen LogP contribution is -2.01. The SMILES string of the molecule is O=C(O)c1cc2ccc(C(=O)O)c3ccc4cccc1c4c23. The van der Waals surface area contributed by atoms with Crippen LogP contribution in [0, 0.1) is 0 Å². The van der Waals surface area contributed by atoms with Crippen molar-refractivity contribution in [3.05, 3.63) is 59.7 Å². The standard InChI is InChI=1S/C18H10O4/c19-17(20)13-7-5-10-8-14(18(21)22)11-3-1-2-9-4-6-12(13)16(10)15(9)11/h1-8H,(H,19,20)(H,21,22). The lowest BCUT2D eigenvalue weighted by Gasteiger charge is -2.14. The quantitative estimate of drug-likeness (QED) is 0.547. The molecule has 0 aliphatic heterocycles. The maximum Gasteiger partial charge on any atom is 0.336 e. The molecule has 0 radical (unpaired) electrons. The van der Waals surface area contributed by atoms with Gasteiger partial charge in [0.1, 0.15) is 0 Å². The molecule has 106 valence electrons. The van der Waals surface area contributed by atoms with Crippen LogP contribution < -0.4 is 0 Å². The molecular formula is C18H10O4. The van der Waals surface area contributed by atoms with E-state index in [2.05, 4.69) is 0 Å². The van der Waals surface area contributed by atoms with Gasteiger partial charge in [0.2, 0.25) is 0 Å². The van der Waals surface area contributed by atoms with Gasteiger partial charge in [0.05, 0.1) is 11.1 Å². The zero-order chi connectivity index (χ0) is 15.4. The molecule has 4 aromatic carbocycles. The Morgan fingerprint density at radius 2 is 1.32 bits per heavy atom. The number of benzene rings is 4. The van der Waals surface area contributed by atoms with Gasteiger partial charge in [0.25, 0.3) is 0 Å². The molecule has 0 unspecified atom stereocenters. The molecule has 4 heteroatoms. The van der Waals surface area contributed by atoms with Gasteiger partial charge < -0.3 is 10.2 Å². The molecule has 0 heterocycles. The molecule has 22 heavy (non-hydrogen) atoms. The summed E-state index contributed by atoms with van der Waals surface area (Å²) in [5.41, 5.74) is 0.455. The smallest absolute Gasteiger partial charge is 0.336 e. The molecule has 0 aliphatic carbocycles. The highest BCUT2D eigenvalue weighted by molar-refractivity contribution is 6.28. The van der Waals surface area contributed by atoms with Gasteiger partial charge in [0, 0.05) is 0 Å². The van der Waals surface area contributed by atoms with Gasteiger partial charge in [-0.2, -0.15) is 0 Å². The average Bonchev–Trinajstić information content (AvgIpc) is 2.51. The summed E-state index contributed by atoms with van der Waals surface area (Å²) in [6, 6.07) is 13.9. The van der Waals surface area contributed by atoms with E-state index in [1.54, 1.807) is 24.3 Å². The van der Waals surface area contributed by atoms with Crippen molar-refractivity contribution in [3.63, 3.8) is 0 Å². The maximum absolute atomic E-state index is 11.5. The van der Waals surface area contributed by atoms with E-state index in [4.69, 9.17) is 0 Å². The van der Waals surface area contributed by atoms with E-state index in [1.165, 1.54) is 6.07 Å². The first kappa shape index (κ1) is 12.6. The van der Waals surface area contributed by atoms with E-state index in [1.807, 2.05) is 18.2 Å². The number of hydrogen-bond donors (Lipinski definition) is 2. The monoisotopic (exact) mass is 290 g/mol. The Hall–Kier alpha value is -3.14. The van der Waals surface area contributed by atoms with E-state index in [9.17, 15) is 19.8 Å². The van der Waals surface area contributed by atoms with E-state index < -0.39 is 11.9 Å². The summed E-state index contributed by atoms with van der Waals surface area (Å²) in [4.78, 5) is 23.0. The topological polar surface area (TPSA) is 74.6 Å². The summed E-state index contributed by atoms with van der Waals surface area (Å²) < 4.78 is 0. The van der Waals surface area contributed by atoms with Crippen LogP contribution >= 0.6 is 0 Å². The third kappa shape index (κ3) is 1.52. The summed E-state index contributed by atoms with van der Waals surface area (Å²) >= 11 is 0. The van der Waals surface area contributed by atoms with Gasteiger partial charge in [0.15, 0.2) is 0 Å². The van der Waals surface area contributed by atoms with Gasteiger partial charge in [-0.15, -0.1) is 0 Å². The molecule has 4 rings (SSSR count). The lowest BCUT2D eigenvalue weighted by molar-refractivity contribution is 0.0688. The molecule has 0 fully saturated rings. The highest BCUT2D eigenvalue weighted by atomic mass is 16.4. The fourth-order valence-corrected chi connectivity index (χ4v) is 3.19. The Labute approximate surface area is 124 Å². The van der Waals surface area contributed by atoms with Gasteiger partial charge in [-0.05, 0) is 44.5 Å². The number of carboxylic acid groups (broad SMARTS) is 2. The van der Waals surface area contributed by atoms with E-state index >= 15 is 0 Å². The summed E-state index contributed by atoms with van der Waals surface area (Å²) in [7, 11) is 0. The van der Waals surface area contributed by atoms with Crippen LogP contribution in [-0.4, -0.2) is 22.2 Å². The number of carbonyl (C=O) groups is 2. The molecule has 0 saturated carbocycles. The maximum atomic E-state index is 11.5. The Morgan fingerprint density at radius 3 is 2.05 bits per heavy atom. The van der Waals surface area contributed by atoms with Gasteiger partial charge >= 0.3 is 11.9 Å². The molecule has 2 N–H and O–H groups in total. The first-order valence-corrected chi connectivity index (χ1v) is 6.75. The second kappa shape index (κ2) is 4.18. The average molecular weight is 290 g/mol. The van der Waals surface area contributed by atoms with Crippen molar-refractivity contribution in [2.45, 2.75) is 0 Å². The molecule has 0 amide bonds. The zero-order valence-electron chi connectivity index (χ0n) is 11.3. The van der Waals surface area contributed by atoms with Crippen LogP contribution in [0.3, 0.4) is 0 Å². The fraction of sp³-hybridized carbons (Fsp3) is 0. The van der Waals surface area contributed by atoms with Crippen LogP contribution in [0.1, 0.15) is 20.7 Å². The first-order chi connectivity index (χ1) is 10.6. The van der Waals surface area contributed by atoms with Crippen molar-refractivity contribution in [2.75, 3.05) is 0 Å². The van der Waals surface area contributed by atoms with Crippen LogP contribution in [0.2, 0.25) is 0 Å². The number of aromatic carboxylic acids is 2. The number of hydrogen-bond acceptors (Lipinski definition) is 2. The van der Waals surface area contributed by atoms with Crippen molar-refractivity contribution in [3.8, 4) is 0 Å². The Bertz CT molecular complexity index is 1070. The molecule has 4 aromatic rings. The van der Waals surface area contributed by atoms with Crippen molar-refractivity contribution in [1.82, 2.24) is 0 Å². The Balaban J connectivity index is 2.36. The molecule has 4 nitrogen and oxygen atoms in total. The minimum atomic E-state index is -0.989. The predicted octanol–water partition coefficient (Wildman–Crippen LogP) is 3.98. The van der Waals surface area contributed by atoms with Crippen LogP contribution in [-0.2, 0) is 0 Å². The van der Waals surface area contributed by atoms with Crippen LogP contribution in [0.4, 0.5) is 0 Å². The van der Waals surface area contributed by atoms with Crippen molar-refractivity contribution >= 4 is 44.3 Å². The summed E-state index contributed by atoms with van der Waals surface area (Å²) in [6.45, 7) is 0. The molecule has 0 atom stereocenters. The van der Waals surface area contributed by atoms with E-state index in [-0.39, 0.29) is 11.1 Å². The molecular weight excluding hydrogens is 280 g/mol. The molecule has 0 spiro atoms. The second-order valence-corrected chi connectivity index (χ2v) is 5.26. The largest absolute Gasteiger partial charge is 0.478 e. The number of rotatable bonds is 2. The molecule has 0 saturated heterocycles. The zero-order valence-corrected chi connectivity index (χ0v) is 11.3. The van der Waals surface area contributed by atoms with Crippen LogP contribution in [0.25, 0.3) is 32.3 Å². The third-order valence-corrected chi connectivity index (χ3v) is 4.10. The van der Waals surface area contributed by atoms with Crippen LogP contribution in [0.15, 0.2) is 48.5 Å². The molecule has 0 aliphatic rings. The first-order valence-electron chi connectivity index (χ1n) is 6.75. The second-order valence-electron chi connectivity index (χ2n) is 5.26. The van der Waals surface area contributed by atoms with E-state index in [0.717, 1.165) is 21.5 Å². The van der Waals surface area contributed by atoms with Gasteiger partial charge in [-0.25, -0.2) is 9.59 Å². The minimum Gasteiger partial charge on any atom is -0.478 e. The summed E-state index contributed by atoms with van der Waals surface area (Å²) in [5.74, 6) is -1.98. The van der Waals surface area contributed by atoms with Crippen LogP contribution in [0.5, 0.6) is 0 Å². The summed E-state index contributed by atoms with van der Waals surface area (Å²) in [6.07, 6.45) is 0. The molecule has 0 aromatic heterocycles. The Kier molecular flexibility index (Phi) is 2.39. The third-order valence-electron chi connectivity index (χ3n) is 4.10. The molecule has 0 bridgehead atoms. The number of carboxylic acids is 2. The van der Waals surface area contributed by atoms with Gasteiger partial charge in [-0.1, -0.05) is 36.4 Å². The van der Waals surface area contributed by atoms with Crippen molar-refractivity contribution in [1.29, 1.82) is 0 Å². The Morgan fingerprint density at radius 1 is 0.682 bits per heavy atom. The summed E-state index contributed by atoms with van der Waals surface area (Å²) in [5, 5.41) is 23.3. The van der Waals surface area contributed by atoms with Crippen molar-refractivity contribution in [2.24, 2.45) is 0 Å². The highest BCUT2D eigenvalue weighted by Crippen LogP contribution is 2.37. The highest BCUT2D eigenvalue weighted by Gasteiger charge is 2.18. The van der Waals surface area contributed by atoms with E-state index in [0.29, 0.717) is 10.8 Å². The minimum absolute atomic E-state index is 0.225.